The van der Waals surface area contributed by atoms with Crippen molar-refractivity contribution in [2.45, 2.75) is 26.4 Å². The molecule has 7 heteroatoms. The molecule has 0 amide bonds. The van der Waals surface area contributed by atoms with Gasteiger partial charge in [0.2, 0.25) is 0 Å². The highest BCUT2D eigenvalue weighted by Gasteiger charge is 2.06. The van der Waals surface area contributed by atoms with Crippen LogP contribution in [-0.4, -0.2) is 30.0 Å². The number of nitrogen functional groups attached to an aromatic ring is 1. The fourth-order valence-electron chi connectivity index (χ4n) is 1.33. The van der Waals surface area contributed by atoms with E-state index >= 15 is 0 Å². The Morgan fingerprint density at radius 3 is 3.00 bits per heavy atom. The van der Waals surface area contributed by atoms with Crippen LogP contribution in [0.25, 0.3) is 0 Å². The van der Waals surface area contributed by atoms with E-state index < -0.39 is 0 Å². The first kappa shape index (κ1) is 9.63. The van der Waals surface area contributed by atoms with Crippen LogP contribution in [0.4, 0.5) is 5.82 Å². The average Bonchev–Trinajstić information content (AvgIpc) is 2.78. The summed E-state index contributed by atoms with van der Waals surface area (Å²) in [7, 11) is 0. The molecule has 2 aromatic heterocycles. The Morgan fingerprint density at radius 1 is 1.47 bits per heavy atom. The van der Waals surface area contributed by atoms with Crippen molar-refractivity contribution < 1.29 is 0 Å². The predicted molar refractivity (Wildman–Crippen MR) is 53.8 cm³/mol. The fourth-order valence-corrected chi connectivity index (χ4v) is 1.33. The van der Waals surface area contributed by atoms with Crippen molar-refractivity contribution in [3.05, 3.63) is 18.1 Å². The third-order valence-electron chi connectivity index (χ3n) is 2.01. The second-order valence-electron chi connectivity index (χ2n) is 3.26. The van der Waals surface area contributed by atoms with Gasteiger partial charge >= 0.3 is 0 Å². The van der Waals surface area contributed by atoms with Crippen LogP contribution in [0.15, 0.2) is 12.3 Å². The third kappa shape index (κ3) is 2.12. The maximum Gasteiger partial charge on any atom is 0.172 e. The van der Waals surface area contributed by atoms with Crippen LogP contribution >= 0.6 is 0 Å². The van der Waals surface area contributed by atoms with E-state index in [-0.39, 0.29) is 0 Å². The minimum atomic E-state index is 0.504. The van der Waals surface area contributed by atoms with Gasteiger partial charge < -0.3 is 5.73 Å². The number of hydrogen-bond donors (Lipinski definition) is 1. The number of aryl methyl sites for hydroxylation is 1. The van der Waals surface area contributed by atoms with Gasteiger partial charge in [-0.2, -0.15) is 5.10 Å². The summed E-state index contributed by atoms with van der Waals surface area (Å²) in [6.07, 6.45) is 2.81. The number of aromatic nitrogens is 6. The van der Waals surface area contributed by atoms with Gasteiger partial charge in [-0.25, -0.2) is 4.68 Å². The van der Waals surface area contributed by atoms with Gasteiger partial charge in [-0.3, -0.25) is 4.68 Å². The van der Waals surface area contributed by atoms with Crippen molar-refractivity contribution >= 4 is 5.82 Å². The number of rotatable bonds is 4. The normalized spacial score (nSPS) is 10.7. The Morgan fingerprint density at radius 2 is 2.33 bits per heavy atom. The van der Waals surface area contributed by atoms with Crippen molar-refractivity contribution in [1.29, 1.82) is 0 Å². The van der Waals surface area contributed by atoms with E-state index in [1.807, 2.05) is 0 Å². The molecule has 0 unspecified atom stereocenters. The molecule has 0 aliphatic rings. The lowest BCUT2D eigenvalue weighted by molar-refractivity contribution is 0.532. The molecule has 0 aliphatic heterocycles. The summed E-state index contributed by atoms with van der Waals surface area (Å²) in [5.74, 6) is 1.30. The number of nitrogens with zero attached hydrogens (tertiary/aromatic N) is 6. The van der Waals surface area contributed by atoms with Crippen molar-refractivity contribution in [1.82, 2.24) is 30.0 Å². The summed E-state index contributed by atoms with van der Waals surface area (Å²) in [5, 5.41) is 15.5. The second kappa shape index (κ2) is 4.07. The molecule has 2 rings (SSSR count). The van der Waals surface area contributed by atoms with Crippen LogP contribution in [0.3, 0.4) is 0 Å². The van der Waals surface area contributed by atoms with Crippen molar-refractivity contribution in [2.24, 2.45) is 0 Å². The molecule has 0 bridgehead atoms. The Bertz CT molecular complexity index is 430. The summed E-state index contributed by atoms with van der Waals surface area (Å²) < 4.78 is 3.49. The monoisotopic (exact) mass is 207 g/mol. The summed E-state index contributed by atoms with van der Waals surface area (Å²) in [6.45, 7) is 3.45. The lowest BCUT2D eigenvalue weighted by Crippen LogP contribution is -2.10. The van der Waals surface area contributed by atoms with Gasteiger partial charge in [-0.1, -0.05) is 6.92 Å². The highest BCUT2D eigenvalue weighted by molar-refractivity contribution is 5.23. The van der Waals surface area contributed by atoms with Crippen LogP contribution in [-0.2, 0) is 13.1 Å². The summed E-state index contributed by atoms with van der Waals surface area (Å²) in [4.78, 5) is 0. The smallest absolute Gasteiger partial charge is 0.172 e. The number of tetrazole rings is 1. The topological polar surface area (TPSA) is 87.4 Å². The molecule has 7 nitrogen and oxygen atoms in total. The zero-order valence-corrected chi connectivity index (χ0v) is 8.54. The molecular formula is C8H13N7. The first-order valence-electron chi connectivity index (χ1n) is 4.83. The highest BCUT2D eigenvalue weighted by Crippen LogP contribution is 2.00. The summed E-state index contributed by atoms with van der Waals surface area (Å²) in [6, 6.07) is 1.74. The molecule has 15 heavy (non-hydrogen) atoms. The molecule has 2 heterocycles. The fraction of sp³-hybridized carbons (Fsp3) is 0.500. The SMILES string of the molecule is CCCn1nnnc1Cn1ccc(N)n1. The lowest BCUT2D eigenvalue weighted by Gasteiger charge is -2.02. The van der Waals surface area contributed by atoms with Crippen molar-refractivity contribution in [3.8, 4) is 0 Å². The zero-order valence-electron chi connectivity index (χ0n) is 8.54. The van der Waals surface area contributed by atoms with Gasteiger partial charge in [0, 0.05) is 12.7 Å². The van der Waals surface area contributed by atoms with Gasteiger partial charge in [0.15, 0.2) is 5.82 Å². The standard InChI is InChI=1S/C8H13N7/c1-2-4-15-8(10-12-13-15)6-14-5-3-7(9)11-14/h3,5H,2,4,6H2,1H3,(H2,9,11). The minimum Gasteiger partial charge on any atom is -0.382 e. The van der Waals surface area contributed by atoms with Crippen LogP contribution in [0, 0.1) is 0 Å². The number of anilines is 1. The predicted octanol–water partition coefficient (Wildman–Crippen LogP) is -0.0899. The van der Waals surface area contributed by atoms with Crippen LogP contribution in [0.5, 0.6) is 0 Å². The van der Waals surface area contributed by atoms with E-state index in [2.05, 4.69) is 27.5 Å². The van der Waals surface area contributed by atoms with E-state index in [4.69, 9.17) is 5.73 Å². The molecule has 0 spiro atoms. The van der Waals surface area contributed by atoms with E-state index in [1.165, 1.54) is 0 Å². The van der Waals surface area contributed by atoms with Gasteiger partial charge in [-0.15, -0.1) is 5.10 Å². The first-order valence-corrected chi connectivity index (χ1v) is 4.83. The highest BCUT2D eigenvalue weighted by atomic mass is 15.5. The van der Waals surface area contributed by atoms with Crippen molar-refractivity contribution in [3.63, 3.8) is 0 Å². The maximum atomic E-state index is 5.51. The third-order valence-corrected chi connectivity index (χ3v) is 2.01. The van der Waals surface area contributed by atoms with Crippen LogP contribution in [0.2, 0.25) is 0 Å². The molecule has 0 fully saturated rings. The van der Waals surface area contributed by atoms with E-state index in [0.29, 0.717) is 12.4 Å². The summed E-state index contributed by atoms with van der Waals surface area (Å²) >= 11 is 0. The molecule has 0 aromatic carbocycles. The van der Waals surface area contributed by atoms with E-state index in [0.717, 1.165) is 18.8 Å². The lowest BCUT2D eigenvalue weighted by atomic mass is 10.5. The van der Waals surface area contributed by atoms with E-state index in [9.17, 15) is 0 Å². The van der Waals surface area contributed by atoms with Gasteiger partial charge in [0.25, 0.3) is 0 Å². The van der Waals surface area contributed by atoms with Crippen LogP contribution in [0.1, 0.15) is 19.2 Å². The summed E-state index contributed by atoms with van der Waals surface area (Å²) in [5.41, 5.74) is 5.51. The molecule has 0 aliphatic carbocycles. The molecule has 80 valence electrons. The Balaban J connectivity index is 2.13. The van der Waals surface area contributed by atoms with Gasteiger partial charge in [0.1, 0.15) is 12.4 Å². The maximum absolute atomic E-state index is 5.51. The molecule has 2 aromatic rings. The first-order chi connectivity index (χ1) is 7.29. The Kier molecular flexibility index (Phi) is 2.61. The number of nitrogens with two attached hydrogens (primary N) is 1. The van der Waals surface area contributed by atoms with Gasteiger partial charge in [-0.05, 0) is 22.9 Å². The quantitative estimate of drug-likeness (QED) is 0.757. The molecule has 0 saturated heterocycles. The van der Waals surface area contributed by atoms with Gasteiger partial charge in [0.05, 0.1) is 0 Å². The van der Waals surface area contributed by atoms with Crippen molar-refractivity contribution in [2.75, 3.05) is 5.73 Å². The molecule has 0 saturated carbocycles. The molecule has 0 atom stereocenters. The minimum absolute atomic E-state index is 0.504. The second-order valence-corrected chi connectivity index (χ2v) is 3.26. The largest absolute Gasteiger partial charge is 0.382 e. The van der Waals surface area contributed by atoms with Crippen LogP contribution < -0.4 is 5.73 Å². The Hall–Kier alpha value is -1.92. The number of hydrogen-bond acceptors (Lipinski definition) is 5. The average molecular weight is 207 g/mol. The van der Waals surface area contributed by atoms with E-state index in [1.54, 1.807) is 21.6 Å². The zero-order chi connectivity index (χ0) is 10.7. The molecule has 2 N–H and O–H groups in total. The Labute approximate surface area is 86.9 Å². The molecule has 0 radical (unpaired) electrons. The molecular weight excluding hydrogens is 194 g/mol.